The predicted octanol–water partition coefficient (Wildman–Crippen LogP) is 3.64. The number of rotatable bonds is 4. The lowest BCUT2D eigenvalue weighted by Gasteiger charge is -2.10. The number of ether oxygens (including phenoxy) is 1. The van der Waals surface area contributed by atoms with E-state index in [-0.39, 0.29) is 4.88 Å². The normalized spacial score (nSPS) is 13.2. The third-order valence-electron chi connectivity index (χ3n) is 2.52. The van der Waals surface area contributed by atoms with Gasteiger partial charge in [0, 0.05) is 6.20 Å². The first-order valence-electron chi connectivity index (χ1n) is 5.85. The van der Waals surface area contributed by atoms with Crippen molar-refractivity contribution in [3.63, 3.8) is 0 Å². The Hall–Kier alpha value is -1.60. The van der Waals surface area contributed by atoms with Gasteiger partial charge in [-0.1, -0.05) is 12.1 Å². The highest BCUT2D eigenvalue weighted by Crippen LogP contribution is 2.36. The zero-order valence-electron chi connectivity index (χ0n) is 10.5. The van der Waals surface area contributed by atoms with Crippen molar-refractivity contribution < 1.29 is 23.0 Å². The predicted molar refractivity (Wildman–Crippen MR) is 68.8 cm³/mol. The number of thiazole rings is 1. The van der Waals surface area contributed by atoms with Crippen molar-refractivity contribution in [3.05, 3.63) is 45.9 Å². The van der Waals surface area contributed by atoms with Crippen LogP contribution in [0.15, 0.2) is 30.5 Å². The fourth-order valence-corrected chi connectivity index (χ4v) is 2.45. The van der Waals surface area contributed by atoms with Crippen LogP contribution in [0.2, 0.25) is 0 Å². The third kappa shape index (κ3) is 3.29. The molecule has 0 aliphatic heterocycles. The first-order valence-corrected chi connectivity index (χ1v) is 6.67. The topological polar surface area (TPSA) is 42.4 Å². The molecule has 0 bridgehead atoms. The molecular formula is C13H12F3NO2S. The van der Waals surface area contributed by atoms with Gasteiger partial charge in [-0.05, 0) is 24.6 Å². The molecule has 1 aromatic carbocycles. The van der Waals surface area contributed by atoms with Gasteiger partial charge in [0.15, 0.2) is 5.01 Å². The number of aliphatic hydroxyl groups excluding tert-OH is 1. The quantitative estimate of drug-likeness (QED) is 0.937. The number of hydrogen-bond donors (Lipinski definition) is 1. The second kappa shape index (κ2) is 5.80. The summed E-state index contributed by atoms with van der Waals surface area (Å²) < 4.78 is 42.7. The molecule has 1 aromatic heterocycles. The first-order chi connectivity index (χ1) is 9.41. The molecule has 0 radical (unpaired) electrons. The summed E-state index contributed by atoms with van der Waals surface area (Å²) >= 11 is 0.435. The lowest BCUT2D eigenvalue weighted by molar-refractivity contribution is -0.137. The van der Waals surface area contributed by atoms with Crippen LogP contribution in [0.25, 0.3) is 0 Å². The number of nitrogens with zero attached hydrogens (tertiary/aromatic N) is 1. The summed E-state index contributed by atoms with van der Waals surface area (Å²) in [5.74, 6) is 0.560. The largest absolute Gasteiger partial charge is 0.494 e. The number of aliphatic hydroxyl groups is 1. The Morgan fingerprint density at radius 1 is 1.40 bits per heavy atom. The van der Waals surface area contributed by atoms with E-state index >= 15 is 0 Å². The van der Waals surface area contributed by atoms with Gasteiger partial charge in [0.25, 0.3) is 0 Å². The molecule has 0 aliphatic carbocycles. The van der Waals surface area contributed by atoms with Gasteiger partial charge in [-0.2, -0.15) is 13.2 Å². The molecule has 0 aliphatic rings. The van der Waals surface area contributed by atoms with Crippen molar-refractivity contribution in [1.82, 2.24) is 4.98 Å². The minimum atomic E-state index is -4.49. The standard InChI is InChI=1S/C13H12F3NO2S/c1-2-19-9-5-3-4-8(6-9)11(18)10-7-17-12(20-10)13(14,15)16/h3-7,11,18H,2H2,1H3. The van der Waals surface area contributed by atoms with Crippen LogP contribution in [-0.4, -0.2) is 16.7 Å². The van der Waals surface area contributed by atoms with Crippen LogP contribution in [0.5, 0.6) is 5.75 Å². The van der Waals surface area contributed by atoms with E-state index in [9.17, 15) is 18.3 Å². The highest BCUT2D eigenvalue weighted by molar-refractivity contribution is 7.11. The van der Waals surface area contributed by atoms with Crippen LogP contribution < -0.4 is 4.74 Å². The molecule has 0 amide bonds. The van der Waals surface area contributed by atoms with E-state index in [1.165, 1.54) is 0 Å². The Bertz CT molecular complexity index is 583. The zero-order valence-corrected chi connectivity index (χ0v) is 11.3. The van der Waals surface area contributed by atoms with E-state index in [0.29, 0.717) is 29.3 Å². The molecule has 7 heteroatoms. The maximum atomic E-state index is 12.5. The van der Waals surface area contributed by atoms with Crippen molar-refractivity contribution >= 4 is 11.3 Å². The average molecular weight is 303 g/mol. The molecule has 1 N–H and O–H groups in total. The molecule has 108 valence electrons. The zero-order chi connectivity index (χ0) is 14.8. The van der Waals surface area contributed by atoms with Gasteiger partial charge in [-0.25, -0.2) is 4.98 Å². The van der Waals surface area contributed by atoms with E-state index in [1.54, 1.807) is 24.3 Å². The van der Waals surface area contributed by atoms with Crippen LogP contribution in [-0.2, 0) is 6.18 Å². The molecule has 1 atom stereocenters. The molecule has 3 nitrogen and oxygen atoms in total. The van der Waals surface area contributed by atoms with Crippen LogP contribution in [0.3, 0.4) is 0 Å². The van der Waals surface area contributed by atoms with E-state index in [1.807, 2.05) is 6.92 Å². The van der Waals surface area contributed by atoms with Gasteiger partial charge in [0.1, 0.15) is 11.9 Å². The molecule has 2 aromatic rings. The van der Waals surface area contributed by atoms with Gasteiger partial charge in [0.05, 0.1) is 11.5 Å². The average Bonchev–Trinajstić information content (AvgIpc) is 2.88. The van der Waals surface area contributed by atoms with E-state index < -0.39 is 17.3 Å². The van der Waals surface area contributed by atoms with Crippen LogP contribution in [0.4, 0.5) is 13.2 Å². The van der Waals surface area contributed by atoms with Gasteiger partial charge in [-0.3, -0.25) is 0 Å². The van der Waals surface area contributed by atoms with Crippen molar-refractivity contribution in [2.24, 2.45) is 0 Å². The summed E-state index contributed by atoms with van der Waals surface area (Å²) in [7, 11) is 0. The maximum absolute atomic E-state index is 12.5. The smallest absolute Gasteiger partial charge is 0.443 e. The van der Waals surface area contributed by atoms with Crippen LogP contribution in [0.1, 0.15) is 28.5 Å². The second-order valence-electron chi connectivity index (χ2n) is 3.97. The fraction of sp³-hybridized carbons (Fsp3) is 0.308. The van der Waals surface area contributed by atoms with Gasteiger partial charge in [0.2, 0.25) is 0 Å². The molecule has 0 fully saturated rings. The summed E-state index contributed by atoms with van der Waals surface area (Å²) in [6, 6.07) is 6.62. The minimum Gasteiger partial charge on any atom is -0.494 e. The SMILES string of the molecule is CCOc1cccc(C(O)c2cnc(C(F)(F)F)s2)c1. The summed E-state index contributed by atoms with van der Waals surface area (Å²) in [6.45, 7) is 2.29. The lowest BCUT2D eigenvalue weighted by Crippen LogP contribution is -2.03. The minimum absolute atomic E-state index is 0.144. The molecule has 2 rings (SSSR count). The Labute approximate surface area is 117 Å². The number of alkyl halides is 3. The second-order valence-corrected chi connectivity index (χ2v) is 5.04. The summed E-state index contributed by atoms with van der Waals surface area (Å²) in [4.78, 5) is 3.44. The molecule has 1 heterocycles. The molecule has 0 spiro atoms. The summed E-state index contributed by atoms with van der Waals surface area (Å²) in [5.41, 5.74) is 0.466. The first kappa shape index (κ1) is 14.8. The van der Waals surface area contributed by atoms with Crippen molar-refractivity contribution in [3.8, 4) is 5.75 Å². The van der Waals surface area contributed by atoms with Gasteiger partial charge in [-0.15, -0.1) is 11.3 Å². The number of halogens is 3. The fourth-order valence-electron chi connectivity index (χ4n) is 1.65. The monoisotopic (exact) mass is 303 g/mol. The number of benzene rings is 1. The van der Waals surface area contributed by atoms with Crippen LogP contribution >= 0.6 is 11.3 Å². The molecule has 0 saturated heterocycles. The highest BCUT2D eigenvalue weighted by Gasteiger charge is 2.35. The number of aromatic nitrogens is 1. The van der Waals surface area contributed by atoms with Gasteiger partial charge < -0.3 is 9.84 Å². The summed E-state index contributed by atoms with van der Waals surface area (Å²) in [5, 5.41) is 9.15. The Morgan fingerprint density at radius 2 is 2.15 bits per heavy atom. The van der Waals surface area contributed by atoms with Crippen molar-refractivity contribution in [2.75, 3.05) is 6.61 Å². The highest BCUT2D eigenvalue weighted by atomic mass is 32.1. The van der Waals surface area contributed by atoms with Crippen LogP contribution in [0, 0.1) is 0 Å². The lowest BCUT2D eigenvalue weighted by atomic mass is 10.1. The Morgan fingerprint density at radius 3 is 2.75 bits per heavy atom. The third-order valence-corrected chi connectivity index (χ3v) is 3.61. The molecule has 1 unspecified atom stereocenters. The van der Waals surface area contributed by atoms with Crippen molar-refractivity contribution in [2.45, 2.75) is 19.2 Å². The van der Waals surface area contributed by atoms with E-state index in [4.69, 9.17) is 4.74 Å². The Balaban J connectivity index is 2.24. The molecule has 20 heavy (non-hydrogen) atoms. The van der Waals surface area contributed by atoms with E-state index in [2.05, 4.69) is 4.98 Å². The van der Waals surface area contributed by atoms with E-state index in [0.717, 1.165) is 6.20 Å². The van der Waals surface area contributed by atoms with Crippen molar-refractivity contribution in [1.29, 1.82) is 0 Å². The molecule has 0 saturated carbocycles. The molecular weight excluding hydrogens is 291 g/mol. The number of hydrogen-bond acceptors (Lipinski definition) is 4. The summed E-state index contributed by atoms with van der Waals surface area (Å²) in [6.07, 6.45) is -4.59. The van der Waals surface area contributed by atoms with Gasteiger partial charge >= 0.3 is 6.18 Å². The Kier molecular flexibility index (Phi) is 4.29. The maximum Gasteiger partial charge on any atom is 0.443 e.